The quantitative estimate of drug-likeness (QED) is 0.713. The van der Waals surface area contributed by atoms with Crippen molar-refractivity contribution in [1.82, 2.24) is 15.0 Å². The maximum Gasteiger partial charge on any atom is 0.244 e. The number of nitrogens with zero attached hydrogens (tertiary/aromatic N) is 1. The Bertz CT molecular complexity index is 825. The van der Waals surface area contributed by atoms with Crippen molar-refractivity contribution in [3.63, 3.8) is 0 Å². The van der Waals surface area contributed by atoms with Crippen molar-refractivity contribution < 1.29 is 22.7 Å². The number of ether oxygens (including phenoxy) is 2. The molecule has 0 radical (unpaired) electrons. The van der Waals surface area contributed by atoms with Crippen molar-refractivity contribution in [3.05, 3.63) is 48.3 Å². The van der Waals surface area contributed by atoms with Gasteiger partial charge in [0.1, 0.15) is 16.4 Å². The molecule has 1 aromatic carbocycles. The molecule has 0 saturated heterocycles. The van der Waals surface area contributed by atoms with E-state index < -0.39 is 22.5 Å². The lowest BCUT2D eigenvalue weighted by molar-refractivity contribution is -0.120. The zero-order chi connectivity index (χ0) is 18.3. The van der Waals surface area contributed by atoms with E-state index >= 15 is 0 Å². The Hall–Kier alpha value is -2.65. The minimum absolute atomic E-state index is 0.101. The van der Waals surface area contributed by atoms with Crippen molar-refractivity contribution in [2.75, 3.05) is 20.8 Å². The molecule has 25 heavy (non-hydrogen) atoms. The van der Waals surface area contributed by atoms with E-state index in [0.717, 1.165) is 5.56 Å². The molecule has 8 nitrogen and oxygen atoms in total. The topological polar surface area (TPSA) is 107 Å². The van der Waals surface area contributed by atoms with Crippen LogP contribution in [0.4, 0.5) is 0 Å². The number of benzene rings is 1. The summed E-state index contributed by atoms with van der Waals surface area (Å²) in [5, 5.41) is 2.62. The lowest BCUT2D eigenvalue weighted by atomic mass is 10.3. The van der Waals surface area contributed by atoms with Crippen molar-refractivity contribution in [2.24, 2.45) is 0 Å². The number of hydrogen-bond acceptors (Lipinski definition) is 6. The van der Waals surface area contributed by atoms with Crippen LogP contribution in [0.5, 0.6) is 11.5 Å². The van der Waals surface area contributed by atoms with Crippen LogP contribution >= 0.6 is 0 Å². The van der Waals surface area contributed by atoms with Crippen LogP contribution in [0.25, 0.3) is 0 Å². The maximum atomic E-state index is 12.4. The molecule has 2 N–H and O–H groups in total. The molecule has 0 bridgehead atoms. The standard InChI is InChI=1S/C16H19N3O5S/c1-23-13-3-4-14(24-2)15(9-13)25(21,22)19-11-16(20)18-10-12-5-7-17-8-6-12/h3-9,19H,10-11H2,1-2H3,(H,18,20). The average Bonchev–Trinajstić information content (AvgIpc) is 2.65. The molecule has 0 saturated carbocycles. The number of hydrogen-bond donors (Lipinski definition) is 2. The van der Waals surface area contributed by atoms with Crippen LogP contribution in [0.15, 0.2) is 47.6 Å². The largest absolute Gasteiger partial charge is 0.497 e. The number of methoxy groups -OCH3 is 2. The molecule has 0 spiro atoms. The summed E-state index contributed by atoms with van der Waals surface area (Å²) in [6.45, 7) is -0.112. The summed E-state index contributed by atoms with van der Waals surface area (Å²) in [4.78, 5) is 15.6. The van der Waals surface area contributed by atoms with Crippen LogP contribution in [0.1, 0.15) is 5.56 Å². The molecule has 2 aromatic rings. The molecule has 0 aliphatic rings. The van der Waals surface area contributed by atoms with Crippen molar-refractivity contribution in [2.45, 2.75) is 11.4 Å². The molecule has 0 aliphatic heterocycles. The number of carbonyl (C=O) groups is 1. The maximum absolute atomic E-state index is 12.4. The lowest BCUT2D eigenvalue weighted by Gasteiger charge is -2.12. The Morgan fingerprint density at radius 1 is 1.12 bits per heavy atom. The Morgan fingerprint density at radius 3 is 2.48 bits per heavy atom. The molecule has 0 atom stereocenters. The van der Waals surface area contributed by atoms with Gasteiger partial charge in [0.15, 0.2) is 0 Å². The number of rotatable bonds is 8. The summed E-state index contributed by atoms with van der Waals surface area (Å²) in [5.41, 5.74) is 0.862. The third-order valence-corrected chi connectivity index (χ3v) is 4.74. The molecular weight excluding hydrogens is 346 g/mol. The van der Waals surface area contributed by atoms with Crippen LogP contribution in [0, 0.1) is 0 Å². The molecule has 1 amide bonds. The van der Waals surface area contributed by atoms with Crippen LogP contribution in [0.3, 0.4) is 0 Å². The highest BCUT2D eigenvalue weighted by Gasteiger charge is 2.21. The van der Waals surface area contributed by atoms with Gasteiger partial charge in [-0.05, 0) is 29.8 Å². The average molecular weight is 365 g/mol. The van der Waals surface area contributed by atoms with E-state index in [1.807, 2.05) is 0 Å². The van der Waals surface area contributed by atoms with E-state index in [9.17, 15) is 13.2 Å². The second kappa shape index (κ2) is 8.45. The van der Waals surface area contributed by atoms with Gasteiger partial charge < -0.3 is 14.8 Å². The lowest BCUT2D eigenvalue weighted by Crippen LogP contribution is -2.36. The zero-order valence-electron chi connectivity index (χ0n) is 13.9. The van der Waals surface area contributed by atoms with Crippen LogP contribution in [-0.4, -0.2) is 40.1 Å². The Labute approximate surface area is 146 Å². The Morgan fingerprint density at radius 2 is 1.84 bits per heavy atom. The van der Waals surface area contributed by atoms with Gasteiger partial charge in [-0.25, -0.2) is 13.1 Å². The van der Waals surface area contributed by atoms with E-state index in [1.165, 1.54) is 26.4 Å². The molecule has 2 rings (SSSR count). The first-order chi connectivity index (χ1) is 12.0. The van der Waals surface area contributed by atoms with Crippen LogP contribution in [-0.2, 0) is 21.4 Å². The summed E-state index contributed by atoms with van der Waals surface area (Å²) < 4.78 is 37.2. The SMILES string of the molecule is COc1ccc(OC)c(S(=O)(=O)NCC(=O)NCc2ccncc2)c1. The number of carbonyl (C=O) groups excluding carboxylic acids is 1. The summed E-state index contributed by atoms with van der Waals surface area (Å²) in [5.74, 6) is 0.0658. The predicted molar refractivity (Wildman–Crippen MR) is 90.8 cm³/mol. The molecule has 1 heterocycles. The van der Waals surface area contributed by atoms with Crippen molar-refractivity contribution >= 4 is 15.9 Å². The molecule has 1 aromatic heterocycles. The van der Waals surface area contributed by atoms with Gasteiger partial charge in [-0.15, -0.1) is 0 Å². The highest BCUT2D eigenvalue weighted by molar-refractivity contribution is 7.89. The Balaban J connectivity index is 2.00. The van der Waals surface area contributed by atoms with Gasteiger partial charge in [0.05, 0.1) is 20.8 Å². The minimum Gasteiger partial charge on any atom is -0.497 e. The zero-order valence-corrected chi connectivity index (χ0v) is 14.7. The van der Waals surface area contributed by atoms with Gasteiger partial charge in [-0.2, -0.15) is 0 Å². The molecule has 0 fully saturated rings. The van der Waals surface area contributed by atoms with E-state index in [-0.39, 0.29) is 17.2 Å². The van der Waals surface area contributed by atoms with Gasteiger partial charge in [-0.1, -0.05) is 0 Å². The molecule has 134 valence electrons. The van der Waals surface area contributed by atoms with E-state index in [2.05, 4.69) is 15.0 Å². The van der Waals surface area contributed by atoms with E-state index in [1.54, 1.807) is 30.6 Å². The van der Waals surface area contributed by atoms with E-state index in [4.69, 9.17) is 9.47 Å². The van der Waals surface area contributed by atoms with Crippen LogP contribution < -0.4 is 19.5 Å². The van der Waals surface area contributed by atoms with Gasteiger partial charge in [0.2, 0.25) is 15.9 Å². The van der Waals surface area contributed by atoms with Gasteiger partial charge in [-0.3, -0.25) is 9.78 Å². The highest BCUT2D eigenvalue weighted by Crippen LogP contribution is 2.27. The molecule has 0 aliphatic carbocycles. The smallest absolute Gasteiger partial charge is 0.244 e. The van der Waals surface area contributed by atoms with E-state index in [0.29, 0.717) is 5.75 Å². The summed E-state index contributed by atoms with van der Waals surface area (Å²) >= 11 is 0. The minimum atomic E-state index is -3.94. The number of amides is 1. The third kappa shape index (κ3) is 5.16. The summed E-state index contributed by atoms with van der Waals surface area (Å²) in [6.07, 6.45) is 3.22. The number of nitrogens with one attached hydrogen (secondary N) is 2. The predicted octanol–water partition coefficient (Wildman–Crippen LogP) is 0.694. The molecule has 0 unspecified atom stereocenters. The van der Waals surface area contributed by atoms with Crippen LogP contribution in [0.2, 0.25) is 0 Å². The Kier molecular flexibility index (Phi) is 6.31. The van der Waals surface area contributed by atoms with Gasteiger partial charge in [0, 0.05) is 25.0 Å². The highest BCUT2D eigenvalue weighted by atomic mass is 32.2. The number of sulfonamides is 1. The van der Waals surface area contributed by atoms with Gasteiger partial charge >= 0.3 is 0 Å². The summed E-state index contributed by atoms with van der Waals surface area (Å²) in [7, 11) is -1.15. The summed E-state index contributed by atoms with van der Waals surface area (Å²) in [6, 6.07) is 7.91. The number of pyridine rings is 1. The van der Waals surface area contributed by atoms with Crippen molar-refractivity contribution in [1.29, 1.82) is 0 Å². The second-order valence-electron chi connectivity index (χ2n) is 4.97. The first-order valence-electron chi connectivity index (χ1n) is 7.33. The fourth-order valence-corrected chi connectivity index (χ4v) is 3.16. The fraction of sp³-hybridized carbons (Fsp3) is 0.250. The van der Waals surface area contributed by atoms with Gasteiger partial charge in [0.25, 0.3) is 0 Å². The van der Waals surface area contributed by atoms with Crippen molar-refractivity contribution in [3.8, 4) is 11.5 Å². The molecular formula is C16H19N3O5S. The second-order valence-corrected chi connectivity index (χ2v) is 6.71. The normalized spacial score (nSPS) is 11.0. The first kappa shape index (κ1) is 18.7. The monoisotopic (exact) mass is 365 g/mol. The first-order valence-corrected chi connectivity index (χ1v) is 8.82. The fourth-order valence-electron chi connectivity index (χ4n) is 2.00. The third-order valence-electron chi connectivity index (χ3n) is 3.32. The number of aromatic nitrogens is 1. The molecule has 9 heteroatoms.